The minimum Gasteiger partial charge on any atom is -0.351 e. The van der Waals surface area contributed by atoms with Crippen molar-refractivity contribution < 1.29 is 4.79 Å². The molecular formula is C18H18N4O. The smallest absolute Gasteiger partial charge is 0.244 e. The standard InChI is InChI=1S/C18H18N4O/c19-16(13-5-2-1-3-6-13)12-21-17(23)9-8-14-11-22-18-15(14)7-4-10-20-18/h1-11,16H,12,19H2,(H,20,22)(H,21,23)/b9-8+/t16-/m1/s1. The molecule has 116 valence electrons. The fraction of sp³-hybridized carbons (Fsp3) is 0.111. The van der Waals surface area contributed by atoms with E-state index < -0.39 is 0 Å². The number of fused-ring (bicyclic) bond motifs is 1. The maximum atomic E-state index is 11.9. The maximum absolute atomic E-state index is 11.9. The summed E-state index contributed by atoms with van der Waals surface area (Å²) in [6.07, 6.45) is 6.83. The van der Waals surface area contributed by atoms with Crippen LogP contribution in [0.5, 0.6) is 0 Å². The molecule has 2 heterocycles. The van der Waals surface area contributed by atoms with Crippen LogP contribution in [0.15, 0.2) is 60.9 Å². The number of nitrogens with one attached hydrogen (secondary N) is 2. The number of carbonyl (C=O) groups is 1. The lowest BCUT2D eigenvalue weighted by Gasteiger charge is -2.11. The van der Waals surface area contributed by atoms with Gasteiger partial charge in [0, 0.05) is 42.0 Å². The molecule has 0 aliphatic heterocycles. The summed E-state index contributed by atoms with van der Waals surface area (Å²) < 4.78 is 0. The van der Waals surface area contributed by atoms with Crippen LogP contribution in [0.2, 0.25) is 0 Å². The molecule has 3 rings (SSSR count). The zero-order valence-corrected chi connectivity index (χ0v) is 12.6. The Bertz CT molecular complexity index is 823. The average Bonchev–Trinajstić information content (AvgIpc) is 3.02. The summed E-state index contributed by atoms with van der Waals surface area (Å²) in [5, 5.41) is 3.80. The molecule has 0 saturated carbocycles. The van der Waals surface area contributed by atoms with Crippen LogP contribution >= 0.6 is 0 Å². The molecule has 0 fully saturated rings. The number of hydrogen-bond acceptors (Lipinski definition) is 3. The fourth-order valence-electron chi connectivity index (χ4n) is 2.37. The first-order valence-corrected chi connectivity index (χ1v) is 7.42. The minimum atomic E-state index is -0.217. The van der Waals surface area contributed by atoms with Gasteiger partial charge >= 0.3 is 0 Å². The lowest BCUT2D eigenvalue weighted by atomic mass is 10.1. The lowest BCUT2D eigenvalue weighted by molar-refractivity contribution is -0.116. The highest BCUT2D eigenvalue weighted by Gasteiger charge is 2.06. The van der Waals surface area contributed by atoms with Crippen molar-refractivity contribution in [2.45, 2.75) is 6.04 Å². The Kier molecular flexibility index (Phi) is 4.49. The first-order chi connectivity index (χ1) is 11.2. The molecule has 1 amide bonds. The molecular weight excluding hydrogens is 288 g/mol. The summed E-state index contributed by atoms with van der Waals surface area (Å²) in [7, 11) is 0. The van der Waals surface area contributed by atoms with Crippen LogP contribution in [-0.2, 0) is 4.79 Å². The van der Waals surface area contributed by atoms with Crippen LogP contribution in [0, 0.1) is 0 Å². The molecule has 1 aromatic carbocycles. The van der Waals surface area contributed by atoms with Gasteiger partial charge in [-0.25, -0.2) is 4.98 Å². The molecule has 4 N–H and O–H groups in total. The normalized spacial score (nSPS) is 12.6. The second-order valence-electron chi connectivity index (χ2n) is 5.24. The molecule has 2 aromatic heterocycles. The molecule has 0 aliphatic carbocycles. The van der Waals surface area contributed by atoms with Crippen LogP contribution in [0.4, 0.5) is 0 Å². The summed E-state index contributed by atoms with van der Waals surface area (Å²) in [5.74, 6) is -0.172. The van der Waals surface area contributed by atoms with Gasteiger partial charge in [-0.3, -0.25) is 4.79 Å². The molecule has 0 unspecified atom stereocenters. The summed E-state index contributed by atoms with van der Waals surface area (Å²) in [5.41, 5.74) is 8.79. The molecule has 5 heteroatoms. The Hall–Kier alpha value is -2.92. The third kappa shape index (κ3) is 3.64. The topological polar surface area (TPSA) is 83.8 Å². The van der Waals surface area contributed by atoms with Crippen LogP contribution in [-0.4, -0.2) is 22.4 Å². The summed E-state index contributed by atoms with van der Waals surface area (Å²) in [6.45, 7) is 0.391. The third-order valence-corrected chi connectivity index (χ3v) is 3.62. The van der Waals surface area contributed by atoms with Crippen molar-refractivity contribution in [3.63, 3.8) is 0 Å². The Balaban J connectivity index is 1.59. The van der Waals surface area contributed by atoms with Gasteiger partial charge in [-0.05, 0) is 23.8 Å². The van der Waals surface area contributed by atoms with Gasteiger partial charge in [0.2, 0.25) is 5.91 Å². The van der Waals surface area contributed by atoms with Crippen LogP contribution < -0.4 is 11.1 Å². The van der Waals surface area contributed by atoms with Crippen LogP contribution in [0.1, 0.15) is 17.2 Å². The second kappa shape index (κ2) is 6.89. The minimum absolute atomic E-state index is 0.172. The maximum Gasteiger partial charge on any atom is 0.244 e. The van der Waals surface area contributed by atoms with E-state index in [4.69, 9.17) is 5.73 Å². The number of aromatic amines is 1. The van der Waals surface area contributed by atoms with Gasteiger partial charge in [-0.2, -0.15) is 0 Å². The Morgan fingerprint density at radius 3 is 2.91 bits per heavy atom. The SMILES string of the molecule is N[C@H](CNC(=O)/C=C/c1c[nH]c2ncccc12)c1ccccc1. The van der Waals surface area contributed by atoms with Crippen molar-refractivity contribution in [2.75, 3.05) is 6.54 Å². The number of aromatic nitrogens is 2. The van der Waals surface area contributed by atoms with E-state index in [1.165, 1.54) is 6.08 Å². The Labute approximate surface area is 134 Å². The lowest BCUT2D eigenvalue weighted by Crippen LogP contribution is -2.30. The molecule has 0 radical (unpaired) electrons. The van der Waals surface area contributed by atoms with Gasteiger partial charge in [0.25, 0.3) is 0 Å². The van der Waals surface area contributed by atoms with Gasteiger partial charge in [0.1, 0.15) is 5.65 Å². The number of hydrogen-bond donors (Lipinski definition) is 3. The number of nitrogens with two attached hydrogens (primary N) is 1. The molecule has 1 atom stereocenters. The zero-order chi connectivity index (χ0) is 16.1. The van der Waals surface area contributed by atoms with Crippen LogP contribution in [0.3, 0.4) is 0 Å². The van der Waals surface area contributed by atoms with E-state index in [9.17, 15) is 4.79 Å². The van der Waals surface area contributed by atoms with Crippen molar-refractivity contribution in [1.29, 1.82) is 0 Å². The zero-order valence-electron chi connectivity index (χ0n) is 12.6. The quantitative estimate of drug-likeness (QED) is 0.633. The molecule has 5 nitrogen and oxygen atoms in total. The number of rotatable bonds is 5. The van der Waals surface area contributed by atoms with E-state index in [0.717, 1.165) is 22.2 Å². The van der Waals surface area contributed by atoms with Crippen molar-refractivity contribution in [3.05, 3.63) is 72.1 Å². The second-order valence-corrected chi connectivity index (χ2v) is 5.24. The summed E-state index contributed by atoms with van der Waals surface area (Å²) >= 11 is 0. The molecule has 0 saturated heterocycles. The largest absolute Gasteiger partial charge is 0.351 e. The molecule has 0 aliphatic rings. The first kappa shape index (κ1) is 15.0. The highest BCUT2D eigenvalue weighted by atomic mass is 16.1. The summed E-state index contributed by atoms with van der Waals surface area (Å²) in [6, 6.07) is 13.3. The van der Waals surface area contributed by atoms with Crippen molar-refractivity contribution in [1.82, 2.24) is 15.3 Å². The highest BCUT2D eigenvalue weighted by molar-refractivity contribution is 5.95. The van der Waals surface area contributed by atoms with E-state index in [0.29, 0.717) is 6.54 Å². The number of amides is 1. The monoisotopic (exact) mass is 306 g/mol. The van der Waals surface area contributed by atoms with Crippen LogP contribution in [0.25, 0.3) is 17.1 Å². The number of H-pyrrole nitrogens is 1. The summed E-state index contributed by atoms with van der Waals surface area (Å²) in [4.78, 5) is 19.2. The first-order valence-electron chi connectivity index (χ1n) is 7.42. The van der Waals surface area contributed by atoms with Gasteiger partial charge in [0.15, 0.2) is 0 Å². The number of carbonyl (C=O) groups excluding carboxylic acids is 1. The third-order valence-electron chi connectivity index (χ3n) is 3.62. The van der Waals surface area contributed by atoms with Crippen molar-refractivity contribution in [2.24, 2.45) is 5.73 Å². The molecule has 0 bridgehead atoms. The van der Waals surface area contributed by atoms with E-state index >= 15 is 0 Å². The van der Waals surface area contributed by atoms with Crippen molar-refractivity contribution >= 4 is 23.0 Å². The highest BCUT2D eigenvalue weighted by Crippen LogP contribution is 2.16. The number of benzene rings is 1. The van der Waals surface area contributed by atoms with Gasteiger partial charge in [-0.15, -0.1) is 0 Å². The van der Waals surface area contributed by atoms with Crippen molar-refractivity contribution in [3.8, 4) is 0 Å². The van der Waals surface area contributed by atoms with Gasteiger partial charge in [-0.1, -0.05) is 30.3 Å². The van der Waals surface area contributed by atoms with E-state index in [1.807, 2.05) is 48.7 Å². The molecule has 3 aromatic rings. The number of nitrogens with zero attached hydrogens (tertiary/aromatic N) is 1. The predicted molar refractivity (Wildman–Crippen MR) is 91.5 cm³/mol. The predicted octanol–water partition coefficient (Wildman–Crippen LogP) is 2.39. The average molecular weight is 306 g/mol. The van der Waals surface area contributed by atoms with E-state index in [-0.39, 0.29) is 11.9 Å². The Morgan fingerprint density at radius 1 is 1.26 bits per heavy atom. The van der Waals surface area contributed by atoms with Gasteiger partial charge < -0.3 is 16.0 Å². The van der Waals surface area contributed by atoms with E-state index in [1.54, 1.807) is 12.3 Å². The molecule has 23 heavy (non-hydrogen) atoms. The van der Waals surface area contributed by atoms with E-state index in [2.05, 4.69) is 15.3 Å². The number of pyridine rings is 1. The Morgan fingerprint density at radius 2 is 2.09 bits per heavy atom. The molecule has 0 spiro atoms. The fourth-order valence-corrected chi connectivity index (χ4v) is 2.37. The van der Waals surface area contributed by atoms with Gasteiger partial charge in [0.05, 0.1) is 0 Å².